The molecule has 2 amide bonds. The number of carbonyl (C=O) groups excluding carboxylic acids is 1. The van der Waals surface area contributed by atoms with Gasteiger partial charge in [0.25, 0.3) is 0 Å². The van der Waals surface area contributed by atoms with E-state index in [1.54, 1.807) is 0 Å². The minimum absolute atomic E-state index is 0.00920. The van der Waals surface area contributed by atoms with Crippen LogP contribution >= 0.6 is 0 Å². The third-order valence-corrected chi connectivity index (χ3v) is 4.48. The zero-order valence-corrected chi connectivity index (χ0v) is 11.5. The molecule has 5 heteroatoms. The third-order valence-electron chi connectivity index (χ3n) is 4.48. The lowest BCUT2D eigenvalue weighted by atomic mass is 9.69. The van der Waals surface area contributed by atoms with Crippen LogP contribution < -0.4 is 5.32 Å². The normalized spacial score (nSPS) is 22.2. The number of hydrogen-bond acceptors (Lipinski definition) is 2. The number of urea groups is 1. The van der Waals surface area contributed by atoms with Crippen LogP contribution in [0.25, 0.3) is 0 Å². The molecule has 0 radical (unpaired) electrons. The number of nitrogens with zero attached hydrogens (tertiary/aromatic N) is 1. The number of carbonyl (C=O) groups is 2. The van der Waals surface area contributed by atoms with E-state index in [-0.39, 0.29) is 19.0 Å². The lowest BCUT2D eigenvalue weighted by Gasteiger charge is -2.45. The molecule has 1 saturated carbocycles. The van der Waals surface area contributed by atoms with Crippen molar-refractivity contribution < 1.29 is 14.7 Å². The molecule has 0 unspecified atom stereocenters. The highest BCUT2D eigenvalue weighted by Gasteiger charge is 2.37. The summed E-state index contributed by atoms with van der Waals surface area (Å²) in [6.45, 7) is 1.88. The number of aliphatic carboxylic acids is 1. The summed E-state index contributed by atoms with van der Waals surface area (Å²) in [5, 5.41) is 11.3. The number of hydrogen-bond donors (Lipinski definition) is 2. The summed E-state index contributed by atoms with van der Waals surface area (Å²) in [6, 6.07) is -0.0918. The Labute approximate surface area is 114 Å². The van der Waals surface area contributed by atoms with Gasteiger partial charge in [-0.25, -0.2) is 4.79 Å². The van der Waals surface area contributed by atoms with Gasteiger partial charge >= 0.3 is 12.0 Å². The zero-order valence-electron chi connectivity index (χ0n) is 11.5. The average molecular weight is 268 g/mol. The summed E-state index contributed by atoms with van der Waals surface area (Å²) >= 11 is 0. The Morgan fingerprint density at radius 3 is 2.47 bits per heavy atom. The van der Waals surface area contributed by atoms with E-state index in [0.717, 1.165) is 19.5 Å². The molecule has 1 saturated heterocycles. The van der Waals surface area contributed by atoms with Crippen LogP contribution in [0.15, 0.2) is 0 Å². The van der Waals surface area contributed by atoms with Crippen LogP contribution in [0.3, 0.4) is 0 Å². The van der Waals surface area contributed by atoms with Gasteiger partial charge in [-0.2, -0.15) is 0 Å². The fraction of sp³-hybridized carbons (Fsp3) is 0.857. The summed E-state index contributed by atoms with van der Waals surface area (Å²) in [6.07, 6.45) is 8.69. The number of likely N-dealkylation sites (tertiary alicyclic amines) is 1. The molecule has 0 atom stereocenters. The highest BCUT2D eigenvalue weighted by Crippen LogP contribution is 2.43. The number of piperidine rings is 1. The van der Waals surface area contributed by atoms with Gasteiger partial charge in [-0.1, -0.05) is 19.3 Å². The Morgan fingerprint density at radius 2 is 1.79 bits per heavy atom. The average Bonchev–Trinajstić information content (AvgIpc) is 2.39. The maximum Gasteiger partial charge on any atom is 0.317 e. The number of rotatable bonds is 3. The number of amides is 2. The third kappa shape index (κ3) is 3.85. The largest absolute Gasteiger partial charge is 0.481 e. The molecule has 0 bridgehead atoms. The molecule has 1 heterocycles. The summed E-state index contributed by atoms with van der Waals surface area (Å²) in [7, 11) is 0. The Balaban J connectivity index is 1.82. The van der Waals surface area contributed by atoms with E-state index in [0.29, 0.717) is 5.41 Å². The predicted molar refractivity (Wildman–Crippen MR) is 72.0 cm³/mol. The van der Waals surface area contributed by atoms with Crippen molar-refractivity contribution in [3.63, 3.8) is 0 Å². The molecule has 1 spiro atoms. The van der Waals surface area contributed by atoms with Crippen molar-refractivity contribution in [3.8, 4) is 0 Å². The molecule has 0 aromatic carbocycles. The number of carboxylic acid groups (broad SMARTS) is 1. The van der Waals surface area contributed by atoms with E-state index in [4.69, 9.17) is 5.11 Å². The quantitative estimate of drug-likeness (QED) is 0.824. The molecule has 19 heavy (non-hydrogen) atoms. The van der Waals surface area contributed by atoms with Crippen molar-refractivity contribution in [3.05, 3.63) is 0 Å². The van der Waals surface area contributed by atoms with Crippen LogP contribution in [0.4, 0.5) is 4.79 Å². The standard InChI is InChI=1S/C14H24N2O3/c17-12(18)5-9-15-13(19)16-10-4-8-14(11-16)6-2-1-3-7-14/h1-11H2,(H,15,19)(H,17,18). The van der Waals surface area contributed by atoms with Gasteiger partial charge in [-0.05, 0) is 31.1 Å². The van der Waals surface area contributed by atoms with Gasteiger partial charge in [-0.3, -0.25) is 4.79 Å². The zero-order chi connectivity index (χ0) is 13.7. The first-order valence-electron chi connectivity index (χ1n) is 7.36. The van der Waals surface area contributed by atoms with Crippen molar-refractivity contribution in [1.82, 2.24) is 10.2 Å². The van der Waals surface area contributed by atoms with Crippen LogP contribution in [0, 0.1) is 5.41 Å². The lowest BCUT2D eigenvalue weighted by Crippen LogP contribution is -2.50. The molecule has 1 aliphatic carbocycles. The van der Waals surface area contributed by atoms with Gasteiger partial charge in [-0.15, -0.1) is 0 Å². The molecule has 2 aliphatic rings. The van der Waals surface area contributed by atoms with Gasteiger partial charge < -0.3 is 15.3 Å². The molecule has 108 valence electrons. The first kappa shape index (κ1) is 14.2. The molecular weight excluding hydrogens is 244 g/mol. The summed E-state index contributed by atoms with van der Waals surface area (Å²) in [4.78, 5) is 24.3. The Hall–Kier alpha value is -1.26. The lowest BCUT2D eigenvalue weighted by molar-refractivity contribution is -0.136. The number of carboxylic acids is 1. The van der Waals surface area contributed by atoms with Crippen molar-refractivity contribution in [2.45, 2.75) is 51.4 Å². The second kappa shape index (κ2) is 6.26. The molecule has 0 aromatic rings. The minimum atomic E-state index is -0.873. The van der Waals surface area contributed by atoms with Gasteiger partial charge in [0, 0.05) is 19.6 Å². The summed E-state index contributed by atoms with van der Waals surface area (Å²) in [5.41, 5.74) is 0.348. The number of nitrogens with one attached hydrogen (secondary N) is 1. The van der Waals surface area contributed by atoms with E-state index in [2.05, 4.69) is 5.32 Å². The highest BCUT2D eigenvalue weighted by molar-refractivity contribution is 5.75. The fourth-order valence-corrected chi connectivity index (χ4v) is 3.48. The SMILES string of the molecule is O=C(O)CCNC(=O)N1CCCC2(CCCCC2)C1. The van der Waals surface area contributed by atoms with Gasteiger partial charge in [0.1, 0.15) is 0 Å². The van der Waals surface area contributed by atoms with Gasteiger partial charge in [0.15, 0.2) is 0 Å². The minimum Gasteiger partial charge on any atom is -0.481 e. The first-order valence-corrected chi connectivity index (χ1v) is 7.36. The molecule has 1 aliphatic heterocycles. The molecule has 0 aromatic heterocycles. The monoisotopic (exact) mass is 268 g/mol. The van der Waals surface area contributed by atoms with Gasteiger partial charge in [0.05, 0.1) is 6.42 Å². The Bertz CT molecular complexity index is 332. The topological polar surface area (TPSA) is 69.6 Å². The van der Waals surface area contributed by atoms with Crippen molar-refractivity contribution in [1.29, 1.82) is 0 Å². The van der Waals surface area contributed by atoms with E-state index in [9.17, 15) is 9.59 Å². The smallest absolute Gasteiger partial charge is 0.317 e. The maximum atomic E-state index is 12.0. The maximum absolute atomic E-state index is 12.0. The Morgan fingerprint density at radius 1 is 1.11 bits per heavy atom. The van der Waals surface area contributed by atoms with E-state index in [1.165, 1.54) is 38.5 Å². The van der Waals surface area contributed by atoms with Gasteiger partial charge in [0.2, 0.25) is 0 Å². The summed E-state index contributed by atoms with van der Waals surface area (Å²) in [5.74, 6) is -0.873. The molecule has 2 N–H and O–H groups in total. The van der Waals surface area contributed by atoms with E-state index >= 15 is 0 Å². The predicted octanol–water partition coefficient (Wildman–Crippen LogP) is 2.22. The molecular formula is C14H24N2O3. The first-order chi connectivity index (χ1) is 9.11. The van der Waals surface area contributed by atoms with Crippen LogP contribution in [-0.4, -0.2) is 41.6 Å². The fourth-order valence-electron chi connectivity index (χ4n) is 3.48. The Kier molecular flexibility index (Phi) is 4.66. The second-order valence-corrected chi connectivity index (χ2v) is 5.96. The van der Waals surface area contributed by atoms with Crippen LogP contribution in [-0.2, 0) is 4.79 Å². The summed E-state index contributed by atoms with van der Waals surface area (Å²) < 4.78 is 0. The molecule has 5 nitrogen and oxygen atoms in total. The van der Waals surface area contributed by atoms with Crippen LogP contribution in [0.1, 0.15) is 51.4 Å². The van der Waals surface area contributed by atoms with Crippen molar-refractivity contribution >= 4 is 12.0 Å². The molecule has 2 fully saturated rings. The second-order valence-electron chi connectivity index (χ2n) is 5.96. The van der Waals surface area contributed by atoms with E-state index in [1.807, 2.05) is 4.90 Å². The van der Waals surface area contributed by atoms with Crippen LogP contribution in [0.2, 0.25) is 0 Å². The van der Waals surface area contributed by atoms with Crippen LogP contribution in [0.5, 0.6) is 0 Å². The molecule has 2 rings (SSSR count). The van der Waals surface area contributed by atoms with Crippen molar-refractivity contribution in [2.24, 2.45) is 5.41 Å². The van der Waals surface area contributed by atoms with E-state index < -0.39 is 5.97 Å². The highest BCUT2D eigenvalue weighted by atomic mass is 16.4. The van der Waals surface area contributed by atoms with Crippen molar-refractivity contribution in [2.75, 3.05) is 19.6 Å².